The molecule has 3 rings (SSSR count). The summed E-state index contributed by atoms with van der Waals surface area (Å²) in [4.78, 5) is 2.42. The van der Waals surface area contributed by atoms with Gasteiger partial charge >= 0.3 is 0 Å². The zero-order valence-corrected chi connectivity index (χ0v) is 13.8. The highest BCUT2D eigenvalue weighted by Crippen LogP contribution is 2.29. The Labute approximate surface area is 133 Å². The third-order valence-corrected chi connectivity index (χ3v) is 5.81. The molecule has 0 unspecified atom stereocenters. The summed E-state index contributed by atoms with van der Waals surface area (Å²) in [6, 6.07) is 3.84. The molecule has 1 fully saturated rings. The highest BCUT2D eigenvalue weighted by atomic mass is 32.2. The van der Waals surface area contributed by atoms with Crippen molar-refractivity contribution in [2.24, 2.45) is 5.92 Å². The van der Waals surface area contributed by atoms with Crippen LogP contribution in [0.1, 0.15) is 18.6 Å². The summed E-state index contributed by atoms with van der Waals surface area (Å²) < 4.78 is 6.33. The van der Waals surface area contributed by atoms with Crippen LogP contribution in [0.2, 0.25) is 0 Å². The highest BCUT2D eigenvalue weighted by molar-refractivity contribution is 8.01. The molecule has 0 aromatic carbocycles. The molecule has 0 spiro atoms. The molecule has 3 heterocycles. The lowest BCUT2D eigenvalue weighted by molar-refractivity contribution is 0.224. The SMILES string of the molecule is CN1CCC[C@@H](CSc2nnc(NCc3ccco3)s2)C1. The summed E-state index contributed by atoms with van der Waals surface area (Å²) >= 11 is 3.45. The van der Waals surface area contributed by atoms with Gasteiger partial charge in [0.05, 0.1) is 12.8 Å². The van der Waals surface area contributed by atoms with Crippen LogP contribution in [0.3, 0.4) is 0 Å². The van der Waals surface area contributed by atoms with Crippen LogP contribution in [0.4, 0.5) is 5.13 Å². The normalized spacial score (nSPS) is 19.8. The first kappa shape index (κ1) is 14.9. The number of furan rings is 1. The van der Waals surface area contributed by atoms with Crippen molar-refractivity contribution in [2.45, 2.75) is 23.7 Å². The molecule has 0 radical (unpaired) electrons. The van der Waals surface area contributed by atoms with Gasteiger partial charge in [-0.05, 0) is 44.5 Å². The summed E-state index contributed by atoms with van der Waals surface area (Å²) in [5.41, 5.74) is 0. The van der Waals surface area contributed by atoms with E-state index >= 15 is 0 Å². The minimum absolute atomic E-state index is 0.652. The van der Waals surface area contributed by atoms with Gasteiger partial charge in [0.25, 0.3) is 0 Å². The lowest BCUT2D eigenvalue weighted by Crippen LogP contribution is -2.33. The number of piperidine rings is 1. The smallest absolute Gasteiger partial charge is 0.206 e. The Morgan fingerprint density at radius 2 is 2.48 bits per heavy atom. The molecular formula is C14H20N4OS2. The van der Waals surface area contributed by atoms with E-state index in [4.69, 9.17) is 4.42 Å². The molecular weight excluding hydrogens is 304 g/mol. The van der Waals surface area contributed by atoms with Crippen molar-refractivity contribution in [1.29, 1.82) is 0 Å². The van der Waals surface area contributed by atoms with E-state index in [1.165, 1.54) is 25.9 Å². The fraction of sp³-hybridized carbons (Fsp3) is 0.571. The number of anilines is 1. The zero-order chi connectivity index (χ0) is 14.5. The second-order valence-electron chi connectivity index (χ2n) is 5.39. The number of hydrogen-bond acceptors (Lipinski definition) is 7. The van der Waals surface area contributed by atoms with E-state index in [1.807, 2.05) is 23.9 Å². The van der Waals surface area contributed by atoms with Gasteiger partial charge in [0.1, 0.15) is 5.76 Å². The van der Waals surface area contributed by atoms with Crippen LogP contribution in [0, 0.1) is 5.92 Å². The van der Waals surface area contributed by atoms with Crippen molar-refractivity contribution < 1.29 is 4.42 Å². The van der Waals surface area contributed by atoms with Gasteiger partial charge in [-0.2, -0.15) is 0 Å². The number of nitrogens with zero attached hydrogens (tertiary/aromatic N) is 3. The van der Waals surface area contributed by atoms with E-state index in [0.717, 1.165) is 26.9 Å². The van der Waals surface area contributed by atoms with Gasteiger partial charge < -0.3 is 14.6 Å². The molecule has 0 aliphatic carbocycles. The van der Waals surface area contributed by atoms with Gasteiger partial charge in [-0.1, -0.05) is 23.1 Å². The standard InChI is InChI=1S/C14H20N4OS2/c1-18-6-2-4-11(9-18)10-20-14-17-16-13(21-14)15-8-12-5-3-7-19-12/h3,5,7,11H,2,4,6,8-10H2,1H3,(H,15,16)/t11-/m1/s1. The lowest BCUT2D eigenvalue weighted by atomic mass is 10.0. The van der Waals surface area contributed by atoms with Crippen molar-refractivity contribution >= 4 is 28.2 Å². The first-order valence-corrected chi connectivity index (χ1v) is 9.01. The van der Waals surface area contributed by atoms with Gasteiger partial charge in [-0.3, -0.25) is 0 Å². The van der Waals surface area contributed by atoms with Crippen LogP contribution in [-0.4, -0.2) is 41.0 Å². The van der Waals surface area contributed by atoms with Gasteiger partial charge in [0.2, 0.25) is 5.13 Å². The van der Waals surface area contributed by atoms with E-state index in [1.54, 1.807) is 17.6 Å². The largest absolute Gasteiger partial charge is 0.467 e. The Morgan fingerprint density at radius 1 is 1.52 bits per heavy atom. The molecule has 1 atom stereocenters. The number of thioether (sulfide) groups is 1. The van der Waals surface area contributed by atoms with Gasteiger partial charge in [0, 0.05) is 12.3 Å². The molecule has 0 bridgehead atoms. The van der Waals surface area contributed by atoms with Crippen LogP contribution in [-0.2, 0) is 6.54 Å². The van der Waals surface area contributed by atoms with Crippen molar-refractivity contribution in [2.75, 3.05) is 31.2 Å². The summed E-state index contributed by atoms with van der Waals surface area (Å²) in [5, 5.41) is 12.5. The molecule has 7 heteroatoms. The molecule has 0 amide bonds. The Hall–Kier alpha value is -1.05. The monoisotopic (exact) mass is 324 g/mol. The van der Waals surface area contributed by atoms with Crippen molar-refractivity contribution in [3.8, 4) is 0 Å². The molecule has 114 valence electrons. The van der Waals surface area contributed by atoms with Gasteiger partial charge in [-0.15, -0.1) is 10.2 Å². The number of aromatic nitrogens is 2. The maximum absolute atomic E-state index is 5.28. The zero-order valence-electron chi connectivity index (χ0n) is 12.1. The van der Waals surface area contributed by atoms with Crippen LogP contribution >= 0.6 is 23.1 Å². The third kappa shape index (κ3) is 4.46. The Balaban J connectivity index is 1.44. The average Bonchev–Trinajstić information content (AvgIpc) is 3.15. The van der Waals surface area contributed by atoms with E-state index in [9.17, 15) is 0 Å². The highest BCUT2D eigenvalue weighted by Gasteiger charge is 2.18. The minimum atomic E-state index is 0.652. The molecule has 1 N–H and O–H groups in total. The second-order valence-corrected chi connectivity index (χ2v) is 7.63. The summed E-state index contributed by atoms with van der Waals surface area (Å²) in [5.74, 6) is 2.82. The first-order valence-electron chi connectivity index (χ1n) is 7.20. The van der Waals surface area contributed by atoms with Crippen LogP contribution in [0.25, 0.3) is 0 Å². The average molecular weight is 324 g/mol. The molecule has 2 aromatic rings. The Bertz CT molecular complexity index is 543. The van der Waals surface area contributed by atoms with Crippen LogP contribution in [0.15, 0.2) is 27.2 Å². The molecule has 2 aromatic heterocycles. The van der Waals surface area contributed by atoms with Crippen molar-refractivity contribution in [1.82, 2.24) is 15.1 Å². The first-order chi connectivity index (χ1) is 10.3. The van der Waals surface area contributed by atoms with E-state index in [0.29, 0.717) is 6.54 Å². The van der Waals surface area contributed by atoms with E-state index in [-0.39, 0.29) is 0 Å². The maximum atomic E-state index is 5.28. The Morgan fingerprint density at radius 3 is 3.29 bits per heavy atom. The Kier molecular flexibility index (Phi) is 5.16. The van der Waals surface area contributed by atoms with Crippen molar-refractivity contribution in [3.05, 3.63) is 24.2 Å². The molecule has 1 saturated heterocycles. The number of rotatable bonds is 6. The second kappa shape index (κ2) is 7.29. The topological polar surface area (TPSA) is 54.2 Å². The summed E-state index contributed by atoms with van der Waals surface area (Å²) in [6.45, 7) is 3.09. The number of hydrogen-bond donors (Lipinski definition) is 1. The third-order valence-electron chi connectivity index (χ3n) is 3.56. The molecule has 1 aliphatic heterocycles. The fourth-order valence-corrected chi connectivity index (χ4v) is 4.41. The summed E-state index contributed by atoms with van der Waals surface area (Å²) in [6.07, 6.45) is 4.33. The van der Waals surface area contributed by atoms with Crippen LogP contribution < -0.4 is 5.32 Å². The molecule has 0 saturated carbocycles. The van der Waals surface area contributed by atoms with Gasteiger partial charge in [-0.25, -0.2) is 0 Å². The number of likely N-dealkylation sites (tertiary alicyclic amines) is 1. The quantitative estimate of drug-likeness (QED) is 0.824. The van der Waals surface area contributed by atoms with E-state index in [2.05, 4.69) is 27.5 Å². The summed E-state index contributed by atoms with van der Waals surface area (Å²) in [7, 11) is 2.21. The fourth-order valence-electron chi connectivity index (χ4n) is 2.51. The van der Waals surface area contributed by atoms with E-state index < -0.39 is 0 Å². The molecule has 5 nitrogen and oxygen atoms in total. The predicted molar refractivity (Wildman–Crippen MR) is 86.9 cm³/mol. The van der Waals surface area contributed by atoms with Gasteiger partial charge in [0.15, 0.2) is 4.34 Å². The van der Waals surface area contributed by atoms with Crippen molar-refractivity contribution in [3.63, 3.8) is 0 Å². The van der Waals surface area contributed by atoms with Crippen LogP contribution in [0.5, 0.6) is 0 Å². The molecule has 21 heavy (non-hydrogen) atoms. The predicted octanol–water partition coefficient (Wildman–Crippen LogP) is 3.18. The minimum Gasteiger partial charge on any atom is -0.467 e. The maximum Gasteiger partial charge on any atom is 0.206 e. The lowest BCUT2D eigenvalue weighted by Gasteiger charge is -2.29. The molecule has 1 aliphatic rings. The number of nitrogens with one attached hydrogen (secondary N) is 1.